The van der Waals surface area contributed by atoms with Gasteiger partial charge in [-0.05, 0) is 36.4 Å². The summed E-state index contributed by atoms with van der Waals surface area (Å²) in [4.78, 5) is 16.8. The second-order valence-corrected chi connectivity index (χ2v) is 7.02. The maximum Gasteiger partial charge on any atom is 0.319 e. The van der Waals surface area contributed by atoms with E-state index in [4.69, 9.17) is 0 Å². The summed E-state index contributed by atoms with van der Waals surface area (Å²) in [6.07, 6.45) is 0. The van der Waals surface area contributed by atoms with Crippen molar-refractivity contribution in [3.05, 3.63) is 78.9 Å². The van der Waals surface area contributed by atoms with Crippen LogP contribution < -0.4 is 15.5 Å². The molecule has 130 valence electrons. The van der Waals surface area contributed by atoms with Crippen molar-refractivity contribution >= 4 is 34.9 Å². The number of urea groups is 1. The van der Waals surface area contributed by atoms with Crippen molar-refractivity contribution < 1.29 is 4.79 Å². The first-order valence-corrected chi connectivity index (χ1v) is 9.36. The Morgan fingerprint density at radius 1 is 0.808 bits per heavy atom. The number of hydrogen-bond donors (Lipinski definition) is 2. The molecule has 1 aliphatic heterocycles. The van der Waals surface area contributed by atoms with Gasteiger partial charge in [-0.3, -0.25) is 0 Å². The zero-order valence-electron chi connectivity index (χ0n) is 14.2. The number of benzene rings is 3. The molecular formula is C21H19N3OS. The Hall–Kier alpha value is -2.92. The average Bonchev–Trinajstić information content (AvgIpc) is 2.68. The van der Waals surface area contributed by atoms with Crippen molar-refractivity contribution in [1.29, 1.82) is 0 Å². The van der Waals surface area contributed by atoms with E-state index in [1.165, 1.54) is 21.2 Å². The quantitative estimate of drug-likeness (QED) is 0.679. The number of rotatable bonds is 4. The number of hydrogen-bond acceptors (Lipinski definition) is 3. The van der Waals surface area contributed by atoms with Crippen molar-refractivity contribution in [3.8, 4) is 0 Å². The van der Waals surface area contributed by atoms with Gasteiger partial charge in [0.05, 0.1) is 11.4 Å². The van der Waals surface area contributed by atoms with Gasteiger partial charge in [-0.25, -0.2) is 4.79 Å². The molecule has 2 N–H and O–H groups in total. The minimum absolute atomic E-state index is 0.191. The highest BCUT2D eigenvalue weighted by molar-refractivity contribution is 7.99. The number of carbonyl (C=O) groups excluding carboxylic acids is 1. The Balaban J connectivity index is 1.44. The van der Waals surface area contributed by atoms with Crippen LogP contribution in [0.2, 0.25) is 0 Å². The molecule has 0 saturated heterocycles. The summed E-state index contributed by atoms with van der Waals surface area (Å²) in [5, 5.41) is 5.79. The van der Waals surface area contributed by atoms with E-state index in [9.17, 15) is 4.79 Å². The van der Waals surface area contributed by atoms with Gasteiger partial charge in [0.15, 0.2) is 0 Å². The van der Waals surface area contributed by atoms with Crippen LogP contribution in [-0.4, -0.2) is 19.1 Å². The second kappa shape index (κ2) is 7.54. The molecule has 0 aliphatic carbocycles. The van der Waals surface area contributed by atoms with Crippen molar-refractivity contribution in [2.45, 2.75) is 9.79 Å². The maximum absolute atomic E-state index is 12.1. The molecule has 0 bridgehead atoms. The van der Waals surface area contributed by atoms with Gasteiger partial charge in [-0.15, -0.1) is 0 Å². The lowest BCUT2D eigenvalue weighted by molar-refractivity contribution is 0.252. The number of carbonyl (C=O) groups is 1. The van der Waals surface area contributed by atoms with E-state index in [0.29, 0.717) is 13.1 Å². The molecule has 4 nitrogen and oxygen atoms in total. The molecule has 0 radical (unpaired) electrons. The van der Waals surface area contributed by atoms with Gasteiger partial charge >= 0.3 is 6.03 Å². The summed E-state index contributed by atoms with van der Waals surface area (Å²) in [5.74, 6) is 0. The number of nitrogens with one attached hydrogen (secondary N) is 2. The number of fused-ring (bicyclic) bond motifs is 2. The Labute approximate surface area is 157 Å². The van der Waals surface area contributed by atoms with Gasteiger partial charge in [0.25, 0.3) is 0 Å². The molecule has 3 aromatic rings. The first-order valence-electron chi connectivity index (χ1n) is 8.54. The summed E-state index contributed by atoms with van der Waals surface area (Å²) in [6, 6.07) is 26.0. The summed E-state index contributed by atoms with van der Waals surface area (Å²) >= 11 is 1.79. The largest absolute Gasteiger partial charge is 0.338 e. The summed E-state index contributed by atoms with van der Waals surface area (Å²) in [7, 11) is 0. The number of amides is 2. The van der Waals surface area contributed by atoms with Crippen LogP contribution in [0.5, 0.6) is 0 Å². The third kappa shape index (κ3) is 3.53. The van der Waals surface area contributed by atoms with Crippen molar-refractivity contribution in [2.24, 2.45) is 0 Å². The lowest BCUT2D eigenvalue weighted by Gasteiger charge is -2.32. The zero-order chi connectivity index (χ0) is 17.8. The van der Waals surface area contributed by atoms with Crippen LogP contribution in [-0.2, 0) is 0 Å². The summed E-state index contributed by atoms with van der Waals surface area (Å²) in [5.41, 5.74) is 3.15. The van der Waals surface area contributed by atoms with Gasteiger partial charge in [0.1, 0.15) is 0 Å². The van der Waals surface area contributed by atoms with Crippen LogP contribution in [0.4, 0.5) is 21.9 Å². The van der Waals surface area contributed by atoms with Gasteiger partial charge in [-0.2, -0.15) is 0 Å². The number of anilines is 3. The Morgan fingerprint density at radius 2 is 1.38 bits per heavy atom. The molecule has 2 amide bonds. The maximum atomic E-state index is 12.1. The van der Waals surface area contributed by atoms with Crippen LogP contribution >= 0.6 is 11.8 Å². The fraction of sp³-hybridized carbons (Fsp3) is 0.0952. The lowest BCUT2D eigenvalue weighted by atomic mass is 10.2. The molecule has 4 rings (SSSR count). The highest BCUT2D eigenvalue weighted by Crippen LogP contribution is 2.47. The number of nitrogens with zero attached hydrogens (tertiary/aromatic N) is 1. The Morgan fingerprint density at radius 3 is 2.04 bits per heavy atom. The molecule has 0 unspecified atom stereocenters. The first kappa shape index (κ1) is 16.5. The molecule has 0 spiro atoms. The van der Waals surface area contributed by atoms with E-state index in [-0.39, 0.29) is 6.03 Å². The van der Waals surface area contributed by atoms with E-state index in [0.717, 1.165) is 5.69 Å². The highest BCUT2D eigenvalue weighted by Gasteiger charge is 2.22. The predicted octanol–water partition coefficient (Wildman–Crippen LogP) is 5.11. The fourth-order valence-electron chi connectivity index (χ4n) is 3.00. The highest BCUT2D eigenvalue weighted by atomic mass is 32.2. The second-order valence-electron chi connectivity index (χ2n) is 5.94. The van der Waals surface area contributed by atoms with Gasteiger partial charge in [0, 0.05) is 28.6 Å². The molecule has 0 atom stereocenters. The molecule has 26 heavy (non-hydrogen) atoms. The fourth-order valence-corrected chi connectivity index (χ4v) is 4.10. The van der Waals surface area contributed by atoms with Crippen molar-refractivity contribution in [2.75, 3.05) is 23.3 Å². The summed E-state index contributed by atoms with van der Waals surface area (Å²) in [6.45, 7) is 1.25. The monoisotopic (exact) mass is 361 g/mol. The number of para-hydroxylation sites is 3. The third-order valence-corrected chi connectivity index (χ3v) is 5.31. The third-order valence-electron chi connectivity index (χ3n) is 4.18. The van der Waals surface area contributed by atoms with Crippen LogP contribution in [0.25, 0.3) is 0 Å². The topological polar surface area (TPSA) is 44.4 Å². The van der Waals surface area contributed by atoms with Crippen molar-refractivity contribution in [3.63, 3.8) is 0 Å². The lowest BCUT2D eigenvalue weighted by Crippen LogP contribution is -2.36. The molecule has 5 heteroatoms. The average molecular weight is 361 g/mol. The molecule has 0 saturated carbocycles. The van der Waals surface area contributed by atoms with E-state index in [2.05, 4.69) is 64.1 Å². The van der Waals surface area contributed by atoms with Gasteiger partial charge in [0.2, 0.25) is 0 Å². The van der Waals surface area contributed by atoms with E-state index in [1.807, 2.05) is 30.3 Å². The van der Waals surface area contributed by atoms with Crippen LogP contribution in [0.3, 0.4) is 0 Å². The van der Waals surface area contributed by atoms with E-state index in [1.54, 1.807) is 11.8 Å². The van der Waals surface area contributed by atoms with E-state index >= 15 is 0 Å². The van der Waals surface area contributed by atoms with Crippen LogP contribution in [0, 0.1) is 0 Å². The zero-order valence-corrected chi connectivity index (χ0v) is 15.0. The van der Waals surface area contributed by atoms with Crippen molar-refractivity contribution in [1.82, 2.24) is 5.32 Å². The predicted molar refractivity (Wildman–Crippen MR) is 107 cm³/mol. The molecule has 3 aromatic carbocycles. The normalized spacial score (nSPS) is 12.1. The van der Waals surface area contributed by atoms with Gasteiger partial charge in [-0.1, -0.05) is 54.2 Å². The van der Waals surface area contributed by atoms with Gasteiger partial charge < -0.3 is 15.5 Å². The summed E-state index contributed by atoms with van der Waals surface area (Å²) < 4.78 is 0. The standard InChI is InChI=1S/C21H19N3OS/c25-21(23-16-8-2-1-3-9-16)22-14-15-24-17-10-4-6-12-19(17)26-20-13-7-5-11-18(20)24/h1-13H,14-15H2,(H2,22,23,25). The first-order chi connectivity index (χ1) is 12.8. The molecular weight excluding hydrogens is 342 g/mol. The molecule has 0 fully saturated rings. The minimum atomic E-state index is -0.191. The molecule has 0 aromatic heterocycles. The van der Waals surface area contributed by atoms with E-state index < -0.39 is 0 Å². The smallest absolute Gasteiger partial charge is 0.319 e. The Bertz CT molecular complexity index is 868. The molecule has 1 heterocycles. The Kier molecular flexibility index (Phi) is 4.80. The van der Waals surface area contributed by atoms with Crippen LogP contribution in [0.1, 0.15) is 0 Å². The molecule has 1 aliphatic rings. The SMILES string of the molecule is O=C(NCCN1c2ccccc2Sc2ccccc21)Nc1ccccc1. The minimum Gasteiger partial charge on any atom is -0.338 e. The van der Waals surface area contributed by atoms with Crippen LogP contribution in [0.15, 0.2) is 88.7 Å².